The molecule has 122 valence electrons. The Labute approximate surface area is 126 Å². The van der Waals surface area contributed by atoms with Gasteiger partial charge in [-0.1, -0.05) is 12.1 Å². The minimum absolute atomic E-state index is 0.258. The number of amides is 1. The fraction of sp³-hybridized carbons (Fsp3) is 0.467. The largest absolute Gasteiger partial charge is 0.481 e. The summed E-state index contributed by atoms with van der Waals surface area (Å²) in [6, 6.07) is 4.00. The van der Waals surface area contributed by atoms with Crippen molar-refractivity contribution in [2.45, 2.75) is 39.4 Å². The summed E-state index contributed by atoms with van der Waals surface area (Å²) in [5.41, 5.74) is -1.73. The van der Waals surface area contributed by atoms with Crippen molar-refractivity contribution < 1.29 is 27.9 Å². The molecule has 1 aromatic carbocycles. The van der Waals surface area contributed by atoms with Crippen molar-refractivity contribution in [1.82, 2.24) is 5.32 Å². The van der Waals surface area contributed by atoms with Crippen LogP contribution in [0.1, 0.15) is 44.4 Å². The molecule has 1 rings (SSSR count). The van der Waals surface area contributed by atoms with E-state index in [9.17, 15) is 22.8 Å². The van der Waals surface area contributed by atoms with Crippen LogP contribution in [-0.4, -0.2) is 17.0 Å². The van der Waals surface area contributed by atoms with E-state index in [0.717, 1.165) is 12.1 Å². The maximum absolute atomic E-state index is 12.7. The van der Waals surface area contributed by atoms with Crippen LogP contribution in [0.2, 0.25) is 0 Å². The molecule has 1 aromatic rings. The predicted molar refractivity (Wildman–Crippen MR) is 74.0 cm³/mol. The van der Waals surface area contributed by atoms with Crippen molar-refractivity contribution in [2.24, 2.45) is 5.41 Å². The first-order valence-electron chi connectivity index (χ1n) is 6.63. The molecule has 1 atom stereocenters. The average molecular weight is 317 g/mol. The van der Waals surface area contributed by atoms with Crippen LogP contribution in [0.15, 0.2) is 24.3 Å². The normalized spacial score (nSPS) is 13.5. The summed E-state index contributed by atoms with van der Waals surface area (Å²) in [6.07, 6.45) is -4.71. The predicted octanol–water partition coefficient (Wildman–Crippen LogP) is 3.38. The number of carbonyl (C=O) groups excluding carboxylic acids is 1. The Kier molecular flexibility index (Phi) is 5.22. The number of rotatable bonds is 5. The number of benzene rings is 1. The summed E-state index contributed by atoms with van der Waals surface area (Å²) >= 11 is 0. The third-order valence-corrected chi connectivity index (χ3v) is 3.27. The van der Waals surface area contributed by atoms with Gasteiger partial charge in [-0.05, 0) is 38.5 Å². The van der Waals surface area contributed by atoms with Gasteiger partial charge in [-0.15, -0.1) is 0 Å². The first kappa shape index (κ1) is 18.0. The van der Waals surface area contributed by atoms with Crippen LogP contribution in [0.25, 0.3) is 0 Å². The van der Waals surface area contributed by atoms with Crippen LogP contribution in [0.4, 0.5) is 13.2 Å². The molecule has 0 saturated heterocycles. The molecule has 2 N–H and O–H groups in total. The summed E-state index contributed by atoms with van der Waals surface area (Å²) in [5, 5.41) is 11.5. The number of nitrogens with one attached hydrogen (secondary N) is 1. The Balaban J connectivity index is 2.79. The number of aliphatic carboxylic acids is 1. The van der Waals surface area contributed by atoms with Gasteiger partial charge in [-0.3, -0.25) is 9.59 Å². The van der Waals surface area contributed by atoms with Crippen LogP contribution >= 0.6 is 0 Å². The molecule has 0 aliphatic rings. The molecule has 0 radical (unpaired) electrons. The minimum atomic E-state index is -4.45. The lowest BCUT2D eigenvalue weighted by molar-refractivity contribution is -0.149. The molecule has 1 amide bonds. The number of carbonyl (C=O) groups is 2. The van der Waals surface area contributed by atoms with E-state index in [1.54, 1.807) is 6.92 Å². The Bertz CT molecular complexity index is 567. The molecule has 0 bridgehead atoms. The molecule has 0 spiro atoms. The van der Waals surface area contributed by atoms with Gasteiger partial charge in [0.15, 0.2) is 0 Å². The number of carboxylic acid groups (broad SMARTS) is 1. The van der Waals surface area contributed by atoms with Gasteiger partial charge in [0.25, 0.3) is 0 Å². The first-order valence-corrected chi connectivity index (χ1v) is 6.63. The second kappa shape index (κ2) is 6.37. The summed E-state index contributed by atoms with van der Waals surface area (Å²) in [6.45, 7) is 4.36. The van der Waals surface area contributed by atoms with Crippen LogP contribution in [-0.2, 0) is 15.8 Å². The fourth-order valence-corrected chi connectivity index (χ4v) is 1.84. The molecule has 0 heterocycles. The summed E-state index contributed by atoms with van der Waals surface area (Å²) < 4.78 is 38.0. The van der Waals surface area contributed by atoms with E-state index in [1.165, 1.54) is 26.0 Å². The summed E-state index contributed by atoms with van der Waals surface area (Å²) in [7, 11) is 0. The zero-order chi connectivity index (χ0) is 17.1. The molecule has 0 aromatic heterocycles. The molecule has 0 aliphatic carbocycles. The maximum atomic E-state index is 12.7. The number of alkyl halides is 3. The van der Waals surface area contributed by atoms with Gasteiger partial charge in [0.05, 0.1) is 17.0 Å². The van der Waals surface area contributed by atoms with Crippen molar-refractivity contribution in [2.75, 3.05) is 0 Å². The van der Waals surface area contributed by atoms with Crippen molar-refractivity contribution in [1.29, 1.82) is 0 Å². The third kappa shape index (κ3) is 4.75. The molecule has 0 saturated carbocycles. The highest BCUT2D eigenvalue weighted by Gasteiger charge is 2.32. The van der Waals surface area contributed by atoms with Crippen molar-refractivity contribution in [3.05, 3.63) is 35.4 Å². The van der Waals surface area contributed by atoms with E-state index >= 15 is 0 Å². The lowest BCUT2D eigenvalue weighted by Gasteiger charge is -2.21. The smallest absolute Gasteiger partial charge is 0.416 e. The highest BCUT2D eigenvalue weighted by molar-refractivity contribution is 5.84. The Morgan fingerprint density at radius 1 is 1.27 bits per heavy atom. The monoisotopic (exact) mass is 317 g/mol. The van der Waals surface area contributed by atoms with Gasteiger partial charge in [-0.2, -0.15) is 13.2 Å². The van der Waals surface area contributed by atoms with Gasteiger partial charge < -0.3 is 10.4 Å². The second-order valence-electron chi connectivity index (χ2n) is 5.78. The highest BCUT2D eigenvalue weighted by atomic mass is 19.4. The van der Waals surface area contributed by atoms with E-state index in [1.807, 2.05) is 0 Å². The fourth-order valence-electron chi connectivity index (χ4n) is 1.84. The number of hydrogen-bond acceptors (Lipinski definition) is 2. The zero-order valence-electron chi connectivity index (χ0n) is 12.5. The minimum Gasteiger partial charge on any atom is -0.481 e. The van der Waals surface area contributed by atoms with Crippen molar-refractivity contribution in [3.8, 4) is 0 Å². The molecular weight excluding hydrogens is 299 g/mol. The second-order valence-corrected chi connectivity index (χ2v) is 5.78. The third-order valence-electron chi connectivity index (χ3n) is 3.27. The summed E-state index contributed by atoms with van der Waals surface area (Å²) in [5.74, 6) is -1.65. The van der Waals surface area contributed by atoms with Gasteiger partial charge >= 0.3 is 12.1 Å². The molecule has 4 nitrogen and oxygen atoms in total. The zero-order valence-corrected chi connectivity index (χ0v) is 12.5. The molecule has 7 heteroatoms. The van der Waals surface area contributed by atoms with Crippen LogP contribution in [0.3, 0.4) is 0 Å². The molecule has 22 heavy (non-hydrogen) atoms. The van der Waals surface area contributed by atoms with E-state index in [2.05, 4.69) is 5.32 Å². The molecule has 1 unspecified atom stereocenters. The van der Waals surface area contributed by atoms with E-state index in [-0.39, 0.29) is 6.42 Å². The first-order chi connectivity index (χ1) is 9.93. The Morgan fingerprint density at radius 2 is 1.86 bits per heavy atom. The van der Waals surface area contributed by atoms with Gasteiger partial charge in [0.2, 0.25) is 5.91 Å². The maximum Gasteiger partial charge on any atom is 0.416 e. The number of halogens is 3. The standard InChI is InChI=1S/C15H18F3NO3/c1-9(19-12(20)8-14(2,3)13(21)22)10-5-4-6-11(7-10)15(16,17)18/h4-7,9H,8H2,1-3H3,(H,19,20)(H,21,22). The van der Waals surface area contributed by atoms with Crippen LogP contribution in [0.5, 0.6) is 0 Å². The Hall–Kier alpha value is -2.05. The quantitative estimate of drug-likeness (QED) is 0.875. The van der Waals surface area contributed by atoms with Crippen LogP contribution < -0.4 is 5.32 Å². The highest BCUT2D eigenvalue weighted by Crippen LogP contribution is 2.30. The van der Waals surface area contributed by atoms with Gasteiger partial charge in [-0.25, -0.2) is 0 Å². The van der Waals surface area contributed by atoms with E-state index < -0.39 is 35.1 Å². The molecular formula is C15H18F3NO3. The Morgan fingerprint density at radius 3 is 2.36 bits per heavy atom. The topological polar surface area (TPSA) is 66.4 Å². The number of hydrogen-bond donors (Lipinski definition) is 2. The SMILES string of the molecule is CC(NC(=O)CC(C)(C)C(=O)O)c1cccc(C(F)(F)F)c1. The van der Waals surface area contributed by atoms with Crippen molar-refractivity contribution in [3.63, 3.8) is 0 Å². The lowest BCUT2D eigenvalue weighted by Crippen LogP contribution is -2.34. The molecule has 0 aliphatic heterocycles. The summed E-state index contributed by atoms with van der Waals surface area (Å²) in [4.78, 5) is 22.8. The number of carboxylic acids is 1. The van der Waals surface area contributed by atoms with Crippen molar-refractivity contribution >= 4 is 11.9 Å². The van der Waals surface area contributed by atoms with E-state index in [0.29, 0.717) is 5.56 Å². The van der Waals surface area contributed by atoms with Crippen LogP contribution in [0, 0.1) is 5.41 Å². The van der Waals surface area contributed by atoms with Gasteiger partial charge in [0.1, 0.15) is 0 Å². The average Bonchev–Trinajstić information content (AvgIpc) is 2.36. The lowest BCUT2D eigenvalue weighted by atomic mass is 9.89. The molecule has 0 fully saturated rings. The van der Waals surface area contributed by atoms with Gasteiger partial charge in [0, 0.05) is 6.42 Å². The van der Waals surface area contributed by atoms with E-state index in [4.69, 9.17) is 5.11 Å².